The molecule has 2 atom stereocenters. The van der Waals surface area contributed by atoms with Crippen LogP contribution in [-0.2, 0) is 25.5 Å². The van der Waals surface area contributed by atoms with Gasteiger partial charge in [-0.15, -0.1) is 0 Å². The average Bonchev–Trinajstić information content (AvgIpc) is 3.19. The molecule has 0 radical (unpaired) electrons. The fourth-order valence-electron chi connectivity index (χ4n) is 2.67. The van der Waals surface area contributed by atoms with Crippen LogP contribution in [0.15, 0.2) is 45.6 Å². The zero-order valence-electron chi connectivity index (χ0n) is 14.1. The van der Waals surface area contributed by atoms with Crippen LogP contribution in [0.3, 0.4) is 0 Å². The molecule has 1 aromatic carbocycles. The van der Waals surface area contributed by atoms with Gasteiger partial charge in [0.1, 0.15) is 0 Å². The molecule has 2 heterocycles. The van der Waals surface area contributed by atoms with E-state index in [0.717, 1.165) is 0 Å². The van der Waals surface area contributed by atoms with Gasteiger partial charge in [0.15, 0.2) is 11.9 Å². The van der Waals surface area contributed by atoms with Crippen LogP contribution >= 0.6 is 0 Å². The molecule has 134 valence electrons. The Labute approximate surface area is 144 Å². The maximum Gasteiger partial charge on any atom is 0.419 e. The van der Waals surface area contributed by atoms with E-state index in [1.807, 2.05) is 6.07 Å². The number of nitrogens with zero attached hydrogens (tertiary/aromatic N) is 1. The van der Waals surface area contributed by atoms with Gasteiger partial charge in [0, 0.05) is 27.2 Å². The van der Waals surface area contributed by atoms with Crippen molar-refractivity contribution in [3.63, 3.8) is 0 Å². The van der Waals surface area contributed by atoms with Gasteiger partial charge in [0.05, 0.1) is 12.1 Å². The molecule has 0 saturated carbocycles. The highest BCUT2D eigenvalue weighted by Gasteiger charge is 2.36. The lowest BCUT2D eigenvalue weighted by molar-refractivity contribution is -0.239. The topological polar surface area (TPSA) is 91.9 Å². The SMILES string of the molecule is CO[C@H]1C=C[C@@](CNC(=O)CCn2c(=O)oc3ccccc32)(OC)O1. The van der Waals surface area contributed by atoms with Crippen LogP contribution in [0.5, 0.6) is 0 Å². The molecule has 0 spiro atoms. The van der Waals surface area contributed by atoms with Gasteiger partial charge in [-0.1, -0.05) is 12.1 Å². The first-order chi connectivity index (χ1) is 12.1. The zero-order valence-corrected chi connectivity index (χ0v) is 14.1. The van der Waals surface area contributed by atoms with Gasteiger partial charge in [-0.25, -0.2) is 4.79 Å². The van der Waals surface area contributed by atoms with Gasteiger partial charge in [-0.2, -0.15) is 0 Å². The molecule has 8 nitrogen and oxygen atoms in total. The Balaban J connectivity index is 1.57. The molecule has 1 aliphatic rings. The second-order valence-electron chi connectivity index (χ2n) is 5.61. The van der Waals surface area contributed by atoms with E-state index < -0.39 is 17.8 Å². The summed E-state index contributed by atoms with van der Waals surface area (Å²) in [6, 6.07) is 7.09. The Morgan fingerprint density at radius 1 is 1.36 bits per heavy atom. The summed E-state index contributed by atoms with van der Waals surface area (Å²) in [5, 5.41) is 2.75. The maximum atomic E-state index is 12.1. The van der Waals surface area contributed by atoms with Gasteiger partial charge < -0.3 is 23.9 Å². The smallest absolute Gasteiger partial charge is 0.408 e. The van der Waals surface area contributed by atoms with E-state index in [-0.39, 0.29) is 25.4 Å². The molecule has 0 saturated heterocycles. The third kappa shape index (κ3) is 3.65. The number of carbonyl (C=O) groups excluding carboxylic acids is 1. The number of benzene rings is 1. The van der Waals surface area contributed by atoms with E-state index in [2.05, 4.69) is 5.32 Å². The average molecular weight is 348 g/mol. The van der Waals surface area contributed by atoms with Crippen molar-refractivity contribution in [2.75, 3.05) is 20.8 Å². The molecule has 8 heteroatoms. The van der Waals surface area contributed by atoms with Crippen molar-refractivity contribution in [3.8, 4) is 0 Å². The van der Waals surface area contributed by atoms with Crippen LogP contribution < -0.4 is 11.1 Å². The fraction of sp³-hybridized carbons (Fsp3) is 0.412. The van der Waals surface area contributed by atoms with Crippen molar-refractivity contribution in [3.05, 3.63) is 47.0 Å². The number of amides is 1. The molecule has 2 aromatic rings. The van der Waals surface area contributed by atoms with Crippen LogP contribution in [0, 0.1) is 0 Å². The monoisotopic (exact) mass is 348 g/mol. The molecule has 0 aliphatic carbocycles. The molecule has 0 bridgehead atoms. The number of hydrogen-bond donors (Lipinski definition) is 1. The summed E-state index contributed by atoms with van der Waals surface area (Å²) in [5.41, 5.74) is 1.17. The van der Waals surface area contributed by atoms with Crippen LogP contribution in [0.2, 0.25) is 0 Å². The van der Waals surface area contributed by atoms with E-state index in [9.17, 15) is 9.59 Å². The number of nitrogens with one attached hydrogen (secondary N) is 1. The van der Waals surface area contributed by atoms with Crippen LogP contribution in [0.25, 0.3) is 11.1 Å². The Hall–Kier alpha value is -2.42. The molecule has 1 aliphatic heterocycles. The first-order valence-electron chi connectivity index (χ1n) is 7.87. The zero-order chi connectivity index (χ0) is 17.9. The summed E-state index contributed by atoms with van der Waals surface area (Å²) in [5.74, 6) is -1.76. The third-order valence-corrected chi connectivity index (χ3v) is 4.07. The molecule has 1 N–H and O–H groups in total. The lowest BCUT2D eigenvalue weighted by Crippen LogP contribution is -2.44. The number of aryl methyl sites for hydroxylation is 1. The van der Waals surface area contributed by atoms with E-state index in [0.29, 0.717) is 11.1 Å². The number of aromatic nitrogens is 1. The molecule has 3 rings (SSSR count). The van der Waals surface area contributed by atoms with Crippen molar-refractivity contribution in [2.45, 2.75) is 25.0 Å². The van der Waals surface area contributed by atoms with E-state index in [1.54, 1.807) is 30.4 Å². The molecular weight excluding hydrogens is 328 g/mol. The molecule has 25 heavy (non-hydrogen) atoms. The first kappa shape index (κ1) is 17.4. The molecule has 1 amide bonds. The van der Waals surface area contributed by atoms with Crippen LogP contribution in [0.1, 0.15) is 6.42 Å². The van der Waals surface area contributed by atoms with Crippen molar-refractivity contribution in [2.24, 2.45) is 0 Å². The molecule has 1 aromatic heterocycles. The highest BCUT2D eigenvalue weighted by molar-refractivity contribution is 5.76. The quantitative estimate of drug-likeness (QED) is 0.751. The molecule has 0 fully saturated rings. The number of hydrogen-bond acceptors (Lipinski definition) is 6. The summed E-state index contributed by atoms with van der Waals surface area (Å²) in [6.07, 6.45) is 3.04. The number of carbonyl (C=O) groups is 1. The number of para-hydroxylation sites is 2. The van der Waals surface area contributed by atoms with Crippen molar-refractivity contribution in [1.29, 1.82) is 0 Å². The first-order valence-corrected chi connectivity index (χ1v) is 7.87. The Kier molecular flexibility index (Phi) is 5.03. The number of rotatable bonds is 7. The van der Waals surface area contributed by atoms with Crippen LogP contribution in [-0.4, -0.2) is 43.3 Å². The van der Waals surface area contributed by atoms with Gasteiger partial charge >= 0.3 is 5.76 Å². The number of methoxy groups -OCH3 is 2. The second kappa shape index (κ2) is 7.22. The highest BCUT2D eigenvalue weighted by Crippen LogP contribution is 2.24. The summed E-state index contributed by atoms with van der Waals surface area (Å²) in [6.45, 7) is 0.360. The maximum absolute atomic E-state index is 12.1. The van der Waals surface area contributed by atoms with Gasteiger partial charge in [0.2, 0.25) is 11.7 Å². The standard InChI is InChI=1S/C17H20N2O6/c1-22-15-7-9-17(23-2,25-15)11-18-14(20)8-10-19-12-5-3-4-6-13(12)24-16(19)21/h3-7,9,15H,8,10-11H2,1-2H3,(H,18,20)/t15-,17-/m1/s1. The number of fused-ring (bicyclic) bond motifs is 1. The third-order valence-electron chi connectivity index (χ3n) is 4.07. The number of ether oxygens (including phenoxy) is 3. The molecular formula is C17H20N2O6. The lowest BCUT2D eigenvalue weighted by atomic mass is 10.2. The largest absolute Gasteiger partial charge is 0.419 e. The predicted molar refractivity (Wildman–Crippen MR) is 88.9 cm³/mol. The fourth-order valence-corrected chi connectivity index (χ4v) is 2.67. The summed E-state index contributed by atoms with van der Waals surface area (Å²) < 4.78 is 22.6. The van der Waals surface area contributed by atoms with Crippen molar-refractivity contribution in [1.82, 2.24) is 9.88 Å². The Morgan fingerprint density at radius 2 is 2.16 bits per heavy atom. The summed E-state index contributed by atoms with van der Waals surface area (Å²) >= 11 is 0. The van der Waals surface area contributed by atoms with E-state index >= 15 is 0 Å². The highest BCUT2D eigenvalue weighted by atomic mass is 16.8. The van der Waals surface area contributed by atoms with E-state index in [4.69, 9.17) is 18.6 Å². The van der Waals surface area contributed by atoms with Crippen molar-refractivity contribution < 1.29 is 23.4 Å². The van der Waals surface area contributed by atoms with Gasteiger partial charge in [0.25, 0.3) is 0 Å². The Morgan fingerprint density at radius 3 is 2.88 bits per heavy atom. The predicted octanol–water partition coefficient (Wildman–Crippen LogP) is 1.00. The van der Waals surface area contributed by atoms with Gasteiger partial charge in [-0.05, 0) is 24.3 Å². The summed E-state index contributed by atoms with van der Waals surface area (Å²) in [4.78, 5) is 24.0. The normalized spacial score (nSPS) is 22.6. The second-order valence-corrected chi connectivity index (χ2v) is 5.61. The van der Waals surface area contributed by atoms with Crippen LogP contribution in [0.4, 0.5) is 0 Å². The minimum atomic E-state index is -1.05. The van der Waals surface area contributed by atoms with E-state index in [1.165, 1.54) is 18.8 Å². The minimum absolute atomic E-state index is 0.126. The Bertz CT molecular complexity index is 839. The minimum Gasteiger partial charge on any atom is -0.408 e. The summed E-state index contributed by atoms with van der Waals surface area (Å²) in [7, 11) is 3.01. The van der Waals surface area contributed by atoms with Gasteiger partial charge in [-0.3, -0.25) is 9.36 Å². The molecule has 0 unspecified atom stereocenters. The number of oxazole rings is 1. The van der Waals surface area contributed by atoms with Crippen molar-refractivity contribution >= 4 is 17.0 Å². The lowest BCUT2D eigenvalue weighted by Gasteiger charge is -2.27.